The molecule has 1 aromatic carbocycles. The lowest BCUT2D eigenvalue weighted by Crippen LogP contribution is -1.99. The summed E-state index contributed by atoms with van der Waals surface area (Å²) in [5.41, 5.74) is 7.11. The fraction of sp³-hybridized carbons (Fsp3) is 0.0833. The zero-order chi connectivity index (χ0) is 11.1. The molecule has 0 aromatic heterocycles. The van der Waals surface area contributed by atoms with E-state index >= 15 is 0 Å². The van der Waals surface area contributed by atoms with Gasteiger partial charge in [0, 0.05) is 11.8 Å². The summed E-state index contributed by atoms with van der Waals surface area (Å²) in [6.45, 7) is 3.67. The smallest absolute Gasteiger partial charge is 0.331 e. The number of benzene rings is 1. The van der Waals surface area contributed by atoms with Crippen molar-refractivity contribution >= 4 is 17.7 Å². The van der Waals surface area contributed by atoms with Crippen LogP contribution in [0.3, 0.4) is 0 Å². The summed E-state index contributed by atoms with van der Waals surface area (Å²) < 4.78 is 4.77. The monoisotopic (exact) mass is 203 g/mol. The molecule has 0 fully saturated rings. The third-order valence-corrected chi connectivity index (χ3v) is 1.67. The lowest BCUT2D eigenvalue weighted by molar-refractivity contribution is -0.136. The van der Waals surface area contributed by atoms with Gasteiger partial charge in [-0.25, -0.2) is 4.79 Å². The molecule has 0 saturated heterocycles. The minimum absolute atomic E-state index is 0.222. The molecular formula is C12H13NO2. The van der Waals surface area contributed by atoms with Gasteiger partial charge >= 0.3 is 5.97 Å². The van der Waals surface area contributed by atoms with Gasteiger partial charge < -0.3 is 10.5 Å². The molecule has 0 aliphatic carbocycles. The first-order valence-corrected chi connectivity index (χ1v) is 4.53. The van der Waals surface area contributed by atoms with Crippen molar-refractivity contribution in [3.8, 4) is 0 Å². The normalized spacial score (nSPS) is 10.1. The van der Waals surface area contributed by atoms with Crippen LogP contribution in [0.25, 0.3) is 6.08 Å². The van der Waals surface area contributed by atoms with Gasteiger partial charge in [0.2, 0.25) is 0 Å². The highest BCUT2D eigenvalue weighted by Gasteiger charge is 1.94. The van der Waals surface area contributed by atoms with Crippen LogP contribution in [0.1, 0.15) is 5.56 Å². The van der Waals surface area contributed by atoms with Crippen molar-refractivity contribution in [2.75, 3.05) is 12.3 Å². The van der Waals surface area contributed by atoms with Crippen LogP contribution in [0, 0.1) is 0 Å². The van der Waals surface area contributed by atoms with Gasteiger partial charge in [0.1, 0.15) is 6.61 Å². The number of ether oxygens (including phenoxy) is 1. The van der Waals surface area contributed by atoms with Gasteiger partial charge in [0.05, 0.1) is 0 Å². The standard InChI is InChI=1S/C12H13NO2/c1-2-8-15-12(14)7-6-10-4-3-5-11(13)9-10/h2-7,9H,1,8,13H2. The number of nitrogen functional groups attached to an aromatic ring is 1. The summed E-state index contributed by atoms with van der Waals surface area (Å²) in [6.07, 6.45) is 4.53. The number of hydrogen-bond acceptors (Lipinski definition) is 3. The number of anilines is 1. The number of nitrogens with two attached hydrogens (primary N) is 1. The Kier molecular flexibility index (Phi) is 4.16. The number of esters is 1. The average molecular weight is 203 g/mol. The van der Waals surface area contributed by atoms with Gasteiger partial charge in [0.25, 0.3) is 0 Å². The molecular weight excluding hydrogens is 190 g/mol. The highest BCUT2D eigenvalue weighted by atomic mass is 16.5. The van der Waals surface area contributed by atoms with E-state index in [2.05, 4.69) is 6.58 Å². The van der Waals surface area contributed by atoms with E-state index in [1.165, 1.54) is 12.2 Å². The molecule has 3 nitrogen and oxygen atoms in total. The topological polar surface area (TPSA) is 52.3 Å². The van der Waals surface area contributed by atoms with E-state index in [1.807, 2.05) is 12.1 Å². The lowest BCUT2D eigenvalue weighted by Gasteiger charge is -1.97. The molecule has 0 aliphatic rings. The van der Waals surface area contributed by atoms with Crippen LogP contribution in [0.2, 0.25) is 0 Å². The molecule has 0 spiro atoms. The van der Waals surface area contributed by atoms with Crippen LogP contribution in [0.4, 0.5) is 5.69 Å². The molecule has 15 heavy (non-hydrogen) atoms. The van der Waals surface area contributed by atoms with Crippen LogP contribution in [0.5, 0.6) is 0 Å². The largest absolute Gasteiger partial charge is 0.458 e. The Morgan fingerprint density at radius 2 is 2.33 bits per heavy atom. The van der Waals surface area contributed by atoms with Crippen molar-refractivity contribution in [1.29, 1.82) is 0 Å². The first kappa shape index (κ1) is 11.0. The Balaban J connectivity index is 2.57. The molecule has 0 heterocycles. The second-order valence-electron chi connectivity index (χ2n) is 2.92. The van der Waals surface area contributed by atoms with E-state index in [1.54, 1.807) is 18.2 Å². The maximum atomic E-state index is 11.1. The van der Waals surface area contributed by atoms with Gasteiger partial charge in [0.15, 0.2) is 0 Å². The van der Waals surface area contributed by atoms with Gasteiger partial charge in [-0.05, 0) is 23.8 Å². The van der Waals surface area contributed by atoms with Crippen molar-refractivity contribution < 1.29 is 9.53 Å². The molecule has 2 N–H and O–H groups in total. The molecule has 0 atom stereocenters. The van der Waals surface area contributed by atoms with Gasteiger partial charge in [-0.3, -0.25) is 0 Å². The summed E-state index contributed by atoms with van der Waals surface area (Å²) in [7, 11) is 0. The van der Waals surface area contributed by atoms with E-state index in [0.29, 0.717) is 5.69 Å². The molecule has 0 unspecified atom stereocenters. The van der Waals surface area contributed by atoms with Crippen molar-refractivity contribution in [3.05, 3.63) is 48.6 Å². The summed E-state index contributed by atoms with van der Waals surface area (Å²) in [6, 6.07) is 7.24. The van der Waals surface area contributed by atoms with E-state index < -0.39 is 5.97 Å². The van der Waals surface area contributed by atoms with Crippen LogP contribution in [-0.2, 0) is 9.53 Å². The summed E-state index contributed by atoms with van der Waals surface area (Å²) in [4.78, 5) is 11.1. The Morgan fingerprint density at radius 1 is 1.53 bits per heavy atom. The summed E-state index contributed by atoms with van der Waals surface area (Å²) in [5.74, 6) is -0.391. The van der Waals surface area contributed by atoms with Crippen molar-refractivity contribution in [1.82, 2.24) is 0 Å². The molecule has 1 rings (SSSR count). The fourth-order valence-electron chi connectivity index (χ4n) is 1.02. The Morgan fingerprint density at radius 3 is 3.00 bits per heavy atom. The highest BCUT2D eigenvalue weighted by molar-refractivity contribution is 5.87. The van der Waals surface area contributed by atoms with Crippen molar-refractivity contribution in [2.24, 2.45) is 0 Å². The Labute approximate surface area is 88.9 Å². The molecule has 0 amide bonds. The predicted molar refractivity (Wildman–Crippen MR) is 61.0 cm³/mol. The minimum Gasteiger partial charge on any atom is -0.458 e. The second kappa shape index (κ2) is 5.65. The van der Waals surface area contributed by atoms with Gasteiger partial charge in [-0.15, -0.1) is 0 Å². The number of carbonyl (C=O) groups is 1. The maximum absolute atomic E-state index is 11.1. The molecule has 0 aliphatic heterocycles. The van der Waals surface area contributed by atoms with E-state index in [9.17, 15) is 4.79 Å². The second-order valence-corrected chi connectivity index (χ2v) is 2.92. The van der Waals surface area contributed by atoms with Crippen LogP contribution < -0.4 is 5.73 Å². The maximum Gasteiger partial charge on any atom is 0.331 e. The number of rotatable bonds is 4. The SMILES string of the molecule is C=CCOC(=O)C=Cc1cccc(N)c1. The quantitative estimate of drug-likeness (QED) is 0.352. The lowest BCUT2D eigenvalue weighted by atomic mass is 10.2. The zero-order valence-corrected chi connectivity index (χ0v) is 8.35. The Bertz CT molecular complexity index is 383. The molecule has 0 radical (unpaired) electrons. The summed E-state index contributed by atoms with van der Waals surface area (Å²) in [5, 5.41) is 0. The van der Waals surface area contributed by atoms with E-state index in [4.69, 9.17) is 10.5 Å². The molecule has 0 saturated carbocycles. The highest BCUT2D eigenvalue weighted by Crippen LogP contribution is 2.07. The molecule has 1 aromatic rings. The van der Waals surface area contributed by atoms with Gasteiger partial charge in [-0.2, -0.15) is 0 Å². The zero-order valence-electron chi connectivity index (χ0n) is 8.35. The third kappa shape index (κ3) is 4.13. The number of carbonyl (C=O) groups excluding carboxylic acids is 1. The van der Waals surface area contributed by atoms with Crippen molar-refractivity contribution in [2.45, 2.75) is 0 Å². The summed E-state index contributed by atoms with van der Waals surface area (Å²) >= 11 is 0. The van der Waals surface area contributed by atoms with Crippen LogP contribution >= 0.6 is 0 Å². The average Bonchev–Trinajstić information content (AvgIpc) is 2.23. The van der Waals surface area contributed by atoms with E-state index in [-0.39, 0.29) is 6.61 Å². The fourth-order valence-corrected chi connectivity index (χ4v) is 1.02. The van der Waals surface area contributed by atoms with E-state index in [0.717, 1.165) is 5.56 Å². The first-order valence-electron chi connectivity index (χ1n) is 4.53. The van der Waals surface area contributed by atoms with Crippen molar-refractivity contribution in [3.63, 3.8) is 0 Å². The molecule has 3 heteroatoms. The van der Waals surface area contributed by atoms with Gasteiger partial charge in [-0.1, -0.05) is 24.8 Å². The van der Waals surface area contributed by atoms with Crippen LogP contribution in [0.15, 0.2) is 43.0 Å². The minimum atomic E-state index is -0.391. The molecule has 78 valence electrons. The van der Waals surface area contributed by atoms with Crippen LogP contribution in [-0.4, -0.2) is 12.6 Å². The predicted octanol–water partition coefficient (Wildman–Crippen LogP) is 2.01. The third-order valence-electron chi connectivity index (χ3n) is 1.67. The molecule has 0 bridgehead atoms. The Hall–Kier alpha value is -2.03. The number of hydrogen-bond donors (Lipinski definition) is 1. The first-order chi connectivity index (χ1) is 7.22.